The van der Waals surface area contributed by atoms with Crippen molar-refractivity contribution < 1.29 is 9.32 Å². The molecule has 1 amide bonds. The number of amides is 1. The zero-order chi connectivity index (χ0) is 20.6. The van der Waals surface area contributed by atoms with Gasteiger partial charge >= 0.3 is 0 Å². The van der Waals surface area contributed by atoms with Crippen molar-refractivity contribution in [2.45, 2.75) is 84.3 Å². The Morgan fingerprint density at radius 3 is 2.69 bits per heavy atom. The molecule has 6 nitrogen and oxygen atoms in total. The molecule has 1 aromatic heterocycles. The van der Waals surface area contributed by atoms with Crippen LogP contribution in [0.5, 0.6) is 0 Å². The lowest BCUT2D eigenvalue weighted by atomic mass is 10.0. The van der Waals surface area contributed by atoms with E-state index in [2.05, 4.69) is 51.5 Å². The normalized spacial score (nSPS) is 17.6. The highest BCUT2D eigenvalue weighted by atomic mass is 16.5. The van der Waals surface area contributed by atoms with Crippen molar-refractivity contribution in [1.29, 1.82) is 0 Å². The Labute approximate surface area is 174 Å². The maximum absolute atomic E-state index is 12.1. The fourth-order valence-electron chi connectivity index (χ4n) is 3.68. The number of piperidine rings is 1. The lowest BCUT2D eigenvalue weighted by Gasteiger charge is -2.33. The Bertz CT molecular complexity index is 769. The van der Waals surface area contributed by atoms with Crippen LogP contribution in [0.15, 0.2) is 28.8 Å². The van der Waals surface area contributed by atoms with Crippen molar-refractivity contribution in [3.63, 3.8) is 0 Å². The molecule has 1 N–H and O–H groups in total. The van der Waals surface area contributed by atoms with Crippen LogP contribution in [0.25, 0.3) is 0 Å². The predicted molar refractivity (Wildman–Crippen MR) is 113 cm³/mol. The first-order valence-corrected chi connectivity index (χ1v) is 10.9. The fraction of sp³-hybridized carbons (Fsp3) is 0.609. The number of benzene rings is 1. The van der Waals surface area contributed by atoms with E-state index in [1.165, 1.54) is 31.4 Å². The smallest absolute Gasteiger partial charge is 0.226 e. The van der Waals surface area contributed by atoms with E-state index in [0.717, 1.165) is 17.9 Å². The lowest BCUT2D eigenvalue weighted by molar-refractivity contribution is -0.121. The van der Waals surface area contributed by atoms with Crippen molar-refractivity contribution in [2.24, 2.45) is 0 Å². The van der Waals surface area contributed by atoms with Crippen LogP contribution in [0.4, 0.5) is 0 Å². The Morgan fingerprint density at radius 2 is 2.00 bits per heavy atom. The number of rotatable bonds is 9. The first kappa shape index (κ1) is 21.5. The number of nitrogens with zero attached hydrogens (tertiary/aromatic N) is 3. The summed E-state index contributed by atoms with van der Waals surface area (Å²) in [5.74, 6) is 1.65. The van der Waals surface area contributed by atoms with Gasteiger partial charge in [0, 0.05) is 37.9 Å². The monoisotopic (exact) mass is 398 g/mol. The summed E-state index contributed by atoms with van der Waals surface area (Å²) in [4.78, 5) is 19.0. The minimum absolute atomic E-state index is 0.0554. The number of carbonyl (C=O) groups excluding carboxylic acids is 1. The lowest BCUT2D eigenvalue weighted by Crippen LogP contribution is -2.36. The highest BCUT2D eigenvalue weighted by Crippen LogP contribution is 2.19. The largest absolute Gasteiger partial charge is 0.352 e. The van der Waals surface area contributed by atoms with Gasteiger partial charge in [-0.15, -0.1) is 0 Å². The fourth-order valence-corrected chi connectivity index (χ4v) is 3.68. The van der Waals surface area contributed by atoms with Crippen LogP contribution in [0.1, 0.15) is 81.6 Å². The molecular formula is C23H34N4O2. The van der Waals surface area contributed by atoms with Crippen LogP contribution in [0.3, 0.4) is 0 Å². The van der Waals surface area contributed by atoms with E-state index in [0.29, 0.717) is 37.7 Å². The SMILES string of the molecule is CC(C)c1noc(CCCC(=O)NCc2ccc(CN3CCCCC3C)cc2)n1. The molecule has 1 aliphatic rings. The third kappa shape index (κ3) is 6.67. The molecule has 6 heteroatoms. The van der Waals surface area contributed by atoms with E-state index in [9.17, 15) is 4.79 Å². The quantitative estimate of drug-likeness (QED) is 0.685. The van der Waals surface area contributed by atoms with Crippen LogP contribution < -0.4 is 5.32 Å². The molecule has 1 fully saturated rings. The van der Waals surface area contributed by atoms with Gasteiger partial charge in [-0.05, 0) is 43.9 Å². The van der Waals surface area contributed by atoms with Crippen LogP contribution >= 0.6 is 0 Å². The Hall–Kier alpha value is -2.21. The van der Waals surface area contributed by atoms with Gasteiger partial charge < -0.3 is 9.84 Å². The average molecular weight is 399 g/mol. The number of likely N-dealkylation sites (tertiary alicyclic amines) is 1. The summed E-state index contributed by atoms with van der Waals surface area (Å²) in [6.07, 6.45) is 5.76. The molecule has 1 aromatic carbocycles. The zero-order valence-electron chi connectivity index (χ0n) is 18.0. The van der Waals surface area contributed by atoms with Crippen molar-refractivity contribution in [2.75, 3.05) is 6.54 Å². The predicted octanol–water partition coefficient (Wildman–Crippen LogP) is 4.21. The summed E-state index contributed by atoms with van der Waals surface area (Å²) in [6.45, 7) is 9.16. The topological polar surface area (TPSA) is 71.3 Å². The summed E-state index contributed by atoms with van der Waals surface area (Å²) in [5, 5.41) is 6.95. The Morgan fingerprint density at radius 1 is 1.24 bits per heavy atom. The van der Waals surface area contributed by atoms with Crippen LogP contribution in [-0.4, -0.2) is 33.5 Å². The molecule has 3 rings (SSSR count). The number of carbonyl (C=O) groups is 1. The van der Waals surface area contributed by atoms with E-state index >= 15 is 0 Å². The van der Waals surface area contributed by atoms with E-state index in [-0.39, 0.29) is 11.8 Å². The standard InChI is InChI=1S/C23H34N4O2/c1-17(2)23-25-22(29-26-23)9-6-8-21(28)24-15-19-10-12-20(13-11-19)16-27-14-5-4-7-18(27)3/h10-13,17-18H,4-9,14-16H2,1-3H3,(H,24,28). The van der Waals surface area contributed by atoms with Gasteiger partial charge in [0.2, 0.25) is 11.8 Å². The summed E-state index contributed by atoms with van der Waals surface area (Å²) in [5.41, 5.74) is 2.47. The van der Waals surface area contributed by atoms with E-state index in [4.69, 9.17) is 4.52 Å². The van der Waals surface area contributed by atoms with Gasteiger partial charge in [0.05, 0.1) is 0 Å². The number of aromatic nitrogens is 2. The van der Waals surface area contributed by atoms with Crippen LogP contribution in [0.2, 0.25) is 0 Å². The van der Waals surface area contributed by atoms with Crippen molar-refractivity contribution >= 4 is 5.91 Å². The molecule has 0 bridgehead atoms. The van der Waals surface area contributed by atoms with Crippen molar-refractivity contribution in [3.8, 4) is 0 Å². The second kappa shape index (κ2) is 10.5. The zero-order valence-corrected chi connectivity index (χ0v) is 18.0. The van der Waals surface area contributed by atoms with Gasteiger partial charge in [-0.3, -0.25) is 9.69 Å². The van der Waals surface area contributed by atoms with Crippen LogP contribution in [-0.2, 0) is 24.3 Å². The summed E-state index contributed by atoms with van der Waals surface area (Å²) >= 11 is 0. The molecule has 0 saturated carbocycles. The maximum Gasteiger partial charge on any atom is 0.226 e. The molecule has 0 aliphatic carbocycles. The Kier molecular flexibility index (Phi) is 7.81. The van der Waals surface area contributed by atoms with Gasteiger partial charge in [0.1, 0.15) is 0 Å². The number of hydrogen-bond acceptors (Lipinski definition) is 5. The van der Waals surface area contributed by atoms with Gasteiger partial charge in [-0.25, -0.2) is 0 Å². The molecule has 1 saturated heterocycles. The molecule has 2 aromatic rings. The molecule has 1 aliphatic heterocycles. The average Bonchev–Trinajstić information content (AvgIpc) is 3.18. The third-order valence-electron chi connectivity index (χ3n) is 5.63. The van der Waals surface area contributed by atoms with E-state index in [1.807, 2.05) is 13.8 Å². The van der Waals surface area contributed by atoms with E-state index < -0.39 is 0 Å². The Balaban J connectivity index is 1.36. The molecule has 0 radical (unpaired) electrons. The summed E-state index contributed by atoms with van der Waals surface area (Å²) in [6, 6.07) is 9.29. The number of nitrogens with one attached hydrogen (secondary N) is 1. The first-order valence-electron chi connectivity index (χ1n) is 10.9. The van der Waals surface area contributed by atoms with Gasteiger partial charge in [0.15, 0.2) is 5.82 Å². The molecule has 158 valence electrons. The minimum atomic E-state index is 0.0554. The highest BCUT2D eigenvalue weighted by molar-refractivity contribution is 5.75. The highest BCUT2D eigenvalue weighted by Gasteiger charge is 2.18. The maximum atomic E-state index is 12.1. The van der Waals surface area contributed by atoms with E-state index in [1.54, 1.807) is 0 Å². The molecule has 29 heavy (non-hydrogen) atoms. The van der Waals surface area contributed by atoms with Gasteiger partial charge in [-0.1, -0.05) is 49.7 Å². The molecular weight excluding hydrogens is 364 g/mol. The summed E-state index contributed by atoms with van der Waals surface area (Å²) in [7, 11) is 0. The number of aryl methyl sites for hydroxylation is 1. The number of hydrogen-bond donors (Lipinski definition) is 1. The van der Waals surface area contributed by atoms with Gasteiger partial charge in [-0.2, -0.15) is 4.98 Å². The van der Waals surface area contributed by atoms with Gasteiger partial charge in [0.25, 0.3) is 0 Å². The second-order valence-corrected chi connectivity index (χ2v) is 8.46. The van der Waals surface area contributed by atoms with Crippen molar-refractivity contribution in [3.05, 3.63) is 47.1 Å². The third-order valence-corrected chi connectivity index (χ3v) is 5.63. The minimum Gasteiger partial charge on any atom is -0.352 e. The molecule has 1 unspecified atom stereocenters. The van der Waals surface area contributed by atoms with Crippen molar-refractivity contribution in [1.82, 2.24) is 20.4 Å². The van der Waals surface area contributed by atoms with Crippen LogP contribution in [0, 0.1) is 0 Å². The molecule has 1 atom stereocenters. The second-order valence-electron chi connectivity index (χ2n) is 8.46. The molecule has 0 spiro atoms. The summed E-state index contributed by atoms with van der Waals surface area (Å²) < 4.78 is 5.21. The molecule has 2 heterocycles. The first-order chi connectivity index (χ1) is 14.0.